The van der Waals surface area contributed by atoms with Crippen molar-refractivity contribution in [1.29, 1.82) is 0 Å². The molecular formula is C10H8F3NO5S. The average Bonchev–Trinajstić information content (AvgIpc) is 3.01. The van der Waals surface area contributed by atoms with Gasteiger partial charge in [0.2, 0.25) is 0 Å². The van der Waals surface area contributed by atoms with Gasteiger partial charge in [-0.15, -0.1) is 5.06 Å². The molecule has 2 amide bonds. The van der Waals surface area contributed by atoms with Crippen molar-refractivity contribution in [1.82, 2.24) is 5.06 Å². The molecule has 6 nitrogen and oxygen atoms in total. The van der Waals surface area contributed by atoms with Gasteiger partial charge in [-0.05, 0) is 18.3 Å². The molecule has 5 unspecified atom stereocenters. The minimum atomic E-state index is -5.15. The van der Waals surface area contributed by atoms with E-state index in [4.69, 9.17) is 0 Å². The molecule has 0 N–H and O–H groups in total. The van der Waals surface area contributed by atoms with E-state index >= 15 is 0 Å². The van der Waals surface area contributed by atoms with Gasteiger partial charge in [-0.2, -0.15) is 13.2 Å². The number of rotatable bonds is 3. The number of fused-ring (bicyclic) bond motifs is 5. The van der Waals surface area contributed by atoms with E-state index in [1.165, 1.54) is 0 Å². The molecule has 3 aliphatic rings. The molecule has 1 heterocycles. The quantitative estimate of drug-likeness (QED) is 0.334. The molecule has 20 heavy (non-hydrogen) atoms. The Kier molecular flexibility index (Phi) is 2.99. The van der Waals surface area contributed by atoms with E-state index in [1.807, 2.05) is 12.2 Å². The van der Waals surface area contributed by atoms with Gasteiger partial charge in [0.15, 0.2) is 0 Å². The van der Waals surface area contributed by atoms with Crippen molar-refractivity contribution in [3.8, 4) is 0 Å². The summed E-state index contributed by atoms with van der Waals surface area (Å²) in [4.78, 5) is 27.9. The summed E-state index contributed by atoms with van der Waals surface area (Å²) in [6.45, 7) is 0. The Labute approximate surface area is 113 Å². The highest BCUT2D eigenvalue weighted by atomic mass is 32.2. The summed E-state index contributed by atoms with van der Waals surface area (Å²) in [5.41, 5.74) is -5.15. The fourth-order valence-corrected chi connectivity index (χ4v) is 3.24. The first-order valence-corrected chi connectivity index (χ1v) is 6.78. The number of hydrogen-bond donors (Lipinski definition) is 0. The van der Waals surface area contributed by atoms with Gasteiger partial charge in [-0.1, -0.05) is 21.5 Å². The SMILES string of the molecule is O=C1C2C3C=CC(C3)C2C(=O)N1OOS(=O)C(F)(F)F. The summed E-state index contributed by atoms with van der Waals surface area (Å²) in [6.07, 6.45) is 4.31. The number of alkyl halides is 3. The topological polar surface area (TPSA) is 72.9 Å². The fourth-order valence-electron chi connectivity index (χ4n) is 3.05. The number of allylic oxidation sites excluding steroid dienone is 2. The molecule has 5 atom stereocenters. The normalized spacial score (nSPS) is 36.9. The van der Waals surface area contributed by atoms with Crippen LogP contribution in [0.5, 0.6) is 0 Å². The van der Waals surface area contributed by atoms with E-state index in [9.17, 15) is 27.0 Å². The highest BCUT2D eigenvalue weighted by Gasteiger charge is 2.60. The van der Waals surface area contributed by atoms with Crippen LogP contribution in [-0.4, -0.2) is 26.6 Å². The first-order valence-electron chi connectivity index (χ1n) is 5.70. The predicted octanol–water partition coefficient (Wildman–Crippen LogP) is 0.840. The van der Waals surface area contributed by atoms with E-state index < -0.39 is 40.2 Å². The summed E-state index contributed by atoms with van der Waals surface area (Å²) in [6, 6.07) is 0. The molecule has 0 radical (unpaired) electrons. The van der Waals surface area contributed by atoms with Gasteiger partial charge < -0.3 is 0 Å². The second-order valence-electron chi connectivity index (χ2n) is 4.79. The summed E-state index contributed by atoms with van der Waals surface area (Å²) in [7, 11) is 0. The van der Waals surface area contributed by atoms with Crippen molar-refractivity contribution >= 4 is 22.9 Å². The third-order valence-electron chi connectivity index (χ3n) is 3.79. The molecule has 1 saturated heterocycles. The molecule has 0 aromatic heterocycles. The molecule has 2 fully saturated rings. The zero-order valence-electron chi connectivity index (χ0n) is 9.70. The summed E-state index contributed by atoms with van der Waals surface area (Å²) < 4.78 is 50.1. The van der Waals surface area contributed by atoms with E-state index in [0.29, 0.717) is 6.42 Å². The van der Waals surface area contributed by atoms with Crippen molar-refractivity contribution in [3.05, 3.63) is 12.2 Å². The highest BCUT2D eigenvalue weighted by molar-refractivity contribution is 7.81. The van der Waals surface area contributed by atoms with Gasteiger partial charge >= 0.3 is 5.51 Å². The molecule has 1 saturated carbocycles. The van der Waals surface area contributed by atoms with Crippen molar-refractivity contribution in [3.63, 3.8) is 0 Å². The average molecular weight is 311 g/mol. The van der Waals surface area contributed by atoms with Gasteiger partial charge in [0.05, 0.1) is 11.8 Å². The lowest BCUT2D eigenvalue weighted by molar-refractivity contribution is -0.332. The van der Waals surface area contributed by atoms with Gasteiger partial charge in [0.25, 0.3) is 22.9 Å². The molecule has 0 spiro atoms. The van der Waals surface area contributed by atoms with E-state index in [1.54, 1.807) is 0 Å². The first-order chi connectivity index (χ1) is 9.30. The van der Waals surface area contributed by atoms with Crippen molar-refractivity contribution in [2.75, 3.05) is 0 Å². The Morgan fingerprint density at radius 3 is 2.10 bits per heavy atom. The van der Waals surface area contributed by atoms with Crippen molar-refractivity contribution < 1.29 is 36.3 Å². The zero-order valence-corrected chi connectivity index (χ0v) is 10.5. The summed E-state index contributed by atoms with van der Waals surface area (Å²) >= 11 is -3.76. The molecule has 2 aliphatic carbocycles. The molecule has 2 bridgehead atoms. The molecule has 110 valence electrons. The Hall–Kier alpha value is -1.26. The van der Waals surface area contributed by atoms with Gasteiger partial charge in [0, 0.05) is 0 Å². The number of halogens is 3. The number of carbonyl (C=O) groups excluding carboxylic acids is 2. The van der Waals surface area contributed by atoms with Crippen LogP contribution >= 0.6 is 0 Å². The van der Waals surface area contributed by atoms with Crippen molar-refractivity contribution in [2.45, 2.75) is 11.9 Å². The molecule has 3 rings (SSSR count). The van der Waals surface area contributed by atoms with Gasteiger partial charge in [0.1, 0.15) is 0 Å². The maximum atomic E-state index is 12.0. The van der Waals surface area contributed by atoms with E-state index in [0.717, 1.165) is 0 Å². The number of hydroxylamine groups is 2. The Morgan fingerprint density at radius 2 is 1.65 bits per heavy atom. The second-order valence-corrected chi connectivity index (χ2v) is 5.86. The number of hydrogen-bond acceptors (Lipinski definition) is 5. The molecule has 10 heteroatoms. The third kappa shape index (κ3) is 1.90. The summed E-state index contributed by atoms with van der Waals surface area (Å²) in [5, 5.41) is 0.144. The standard InChI is InChI=1S/C10H8F3NO5S/c11-10(12,13)20(17)19-18-14-8(15)6-4-1-2-5(3-4)7(6)9(14)16/h1-2,4-7H,3H2. The third-order valence-corrected chi connectivity index (χ3v) is 4.35. The van der Waals surface area contributed by atoms with Crippen LogP contribution in [0.1, 0.15) is 6.42 Å². The van der Waals surface area contributed by atoms with Crippen LogP contribution in [0.4, 0.5) is 13.2 Å². The van der Waals surface area contributed by atoms with Crippen molar-refractivity contribution in [2.24, 2.45) is 23.7 Å². The minimum absolute atomic E-state index is 0.108. The monoisotopic (exact) mass is 311 g/mol. The van der Waals surface area contributed by atoms with Crippen LogP contribution < -0.4 is 0 Å². The predicted molar refractivity (Wildman–Crippen MR) is 55.9 cm³/mol. The van der Waals surface area contributed by atoms with Crippen LogP contribution in [0.25, 0.3) is 0 Å². The Morgan fingerprint density at radius 1 is 1.15 bits per heavy atom. The number of imide groups is 1. The van der Waals surface area contributed by atoms with Crippen LogP contribution in [0, 0.1) is 23.7 Å². The Balaban J connectivity index is 1.70. The first kappa shape index (κ1) is 13.7. The molecular weight excluding hydrogens is 303 g/mol. The lowest BCUT2D eigenvalue weighted by Gasteiger charge is -2.14. The number of nitrogens with zero attached hydrogens (tertiary/aromatic N) is 1. The highest BCUT2D eigenvalue weighted by Crippen LogP contribution is 2.52. The number of amides is 2. The van der Waals surface area contributed by atoms with Crippen LogP contribution in [0.2, 0.25) is 0 Å². The van der Waals surface area contributed by atoms with Crippen LogP contribution in [0.15, 0.2) is 12.2 Å². The van der Waals surface area contributed by atoms with E-state index in [-0.39, 0.29) is 16.9 Å². The Bertz CT molecular complexity index is 503. The van der Waals surface area contributed by atoms with E-state index in [2.05, 4.69) is 9.32 Å². The van der Waals surface area contributed by atoms with Gasteiger partial charge in [-0.3, -0.25) is 9.59 Å². The smallest absolute Gasteiger partial charge is 0.272 e. The maximum Gasteiger partial charge on any atom is 0.499 e. The van der Waals surface area contributed by atoms with Crippen LogP contribution in [0.3, 0.4) is 0 Å². The fraction of sp³-hybridized carbons (Fsp3) is 0.600. The summed E-state index contributed by atoms with van der Waals surface area (Å²) in [5.74, 6) is -2.97. The second kappa shape index (κ2) is 4.37. The molecule has 1 aliphatic heterocycles. The molecule has 0 aromatic rings. The lowest BCUT2D eigenvalue weighted by atomic mass is 9.85. The maximum absolute atomic E-state index is 12.0. The molecule has 0 aromatic carbocycles. The largest absolute Gasteiger partial charge is 0.499 e. The van der Waals surface area contributed by atoms with Crippen LogP contribution in [-0.2, 0) is 30.0 Å². The van der Waals surface area contributed by atoms with Gasteiger partial charge in [-0.25, -0.2) is 4.21 Å². The zero-order chi connectivity index (χ0) is 14.7. The minimum Gasteiger partial charge on any atom is -0.272 e. The lowest BCUT2D eigenvalue weighted by Crippen LogP contribution is -2.34. The number of carbonyl (C=O) groups is 2.